The Balaban J connectivity index is 1.68. The number of ether oxygens (including phenoxy) is 1. The van der Waals surface area contributed by atoms with E-state index >= 15 is 0 Å². The molecule has 21 heavy (non-hydrogen) atoms. The van der Waals surface area contributed by atoms with E-state index < -0.39 is 0 Å². The second-order valence-corrected chi connectivity index (χ2v) is 6.35. The smallest absolute Gasteiger partial charge is 0.256 e. The van der Waals surface area contributed by atoms with Crippen molar-refractivity contribution in [2.75, 3.05) is 7.11 Å². The van der Waals surface area contributed by atoms with Crippen LogP contribution in [0.3, 0.4) is 0 Å². The van der Waals surface area contributed by atoms with E-state index in [0.717, 1.165) is 17.9 Å². The zero-order chi connectivity index (χ0) is 14.8. The minimum atomic E-state index is -0.0586. The number of amides is 1. The summed E-state index contributed by atoms with van der Waals surface area (Å²) in [6.45, 7) is 0. The maximum absolute atomic E-state index is 12.3. The third-order valence-corrected chi connectivity index (χ3v) is 4.95. The van der Waals surface area contributed by atoms with Crippen LogP contribution in [0.5, 0.6) is 5.75 Å². The highest BCUT2D eigenvalue weighted by molar-refractivity contribution is 7.08. The topological polar surface area (TPSA) is 38.3 Å². The highest BCUT2D eigenvalue weighted by atomic mass is 35.5. The van der Waals surface area contributed by atoms with Gasteiger partial charge >= 0.3 is 0 Å². The van der Waals surface area contributed by atoms with Crippen molar-refractivity contribution in [3.8, 4) is 5.75 Å². The highest BCUT2D eigenvalue weighted by Crippen LogP contribution is 2.37. The van der Waals surface area contributed by atoms with Crippen LogP contribution in [0.2, 0.25) is 5.02 Å². The molecule has 0 spiro atoms. The van der Waals surface area contributed by atoms with Crippen LogP contribution in [0.4, 0.5) is 0 Å². The van der Waals surface area contributed by atoms with E-state index in [1.165, 1.54) is 16.9 Å². The minimum absolute atomic E-state index is 0.0586. The van der Waals surface area contributed by atoms with Crippen molar-refractivity contribution < 1.29 is 9.53 Å². The molecule has 2 aromatic rings. The number of benzene rings is 1. The predicted octanol–water partition coefficient (Wildman–Crippen LogP) is 4.09. The predicted molar refractivity (Wildman–Crippen MR) is 85.6 cm³/mol. The van der Waals surface area contributed by atoms with Crippen molar-refractivity contribution in [1.29, 1.82) is 0 Å². The lowest BCUT2D eigenvalue weighted by atomic mass is 9.75. The average Bonchev–Trinajstić information content (AvgIpc) is 2.94. The van der Waals surface area contributed by atoms with Crippen LogP contribution in [0.1, 0.15) is 34.7 Å². The standard InChI is InChI=1S/C16H16ClNO2S/c1-20-15-9-21-8-13(15)16(19)18-14-7-6-12(14)10-2-4-11(17)5-3-10/h2-5,8-9,12,14H,6-7H2,1H3,(H,18,19)/t12-,14-/m0/s1. The Morgan fingerprint density at radius 1 is 1.29 bits per heavy atom. The number of halogens is 1. The lowest BCUT2D eigenvalue weighted by molar-refractivity contribution is 0.0902. The second kappa shape index (κ2) is 6.08. The van der Waals surface area contributed by atoms with Crippen LogP contribution in [-0.4, -0.2) is 19.1 Å². The second-order valence-electron chi connectivity index (χ2n) is 5.17. The zero-order valence-electron chi connectivity index (χ0n) is 11.6. The molecular formula is C16H16ClNO2S. The van der Waals surface area contributed by atoms with Crippen molar-refractivity contribution in [3.05, 3.63) is 51.2 Å². The molecule has 1 aliphatic carbocycles. The summed E-state index contributed by atoms with van der Waals surface area (Å²) < 4.78 is 5.20. The van der Waals surface area contributed by atoms with Crippen LogP contribution < -0.4 is 10.1 Å². The van der Waals surface area contributed by atoms with Gasteiger partial charge in [-0.2, -0.15) is 0 Å². The highest BCUT2D eigenvalue weighted by Gasteiger charge is 2.33. The Morgan fingerprint density at radius 2 is 2.05 bits per heavy atom. The molecule has 5 heteroatoms. The van der Waals surface area contributed by atoms with Gasteiger partial charge in [-0.1, -0.05) is 23.7 Å². The zero-order valence-corrected chi connectivity index (χ0v) is 13.2. The van der Waals surface area contributed by atoms with E-state index in [1.54, 1.807) is 7.11 Å². The van der Waals surface area contributed by atoms with Gasteiger partial charge < -0.3 is 10.1 Å². The summed E-state index contributed by atoms with van der Waals surface area (Å²) in [5, 5.41) is 7.51. The van der Waals surface area contributed by atoms with Crippen molar-refractivity contribution in [3.63, 3.8) is 0 Å². The molecule has 110 valence electrons. The number of thiophene rings is 1. The first-order chi connectivity index (χ1) is 10.2. The van der Waals surface area contributed by atoms with Gasteiger partial charge in [0.05, 0.1) is 12.7 Å². The molecule has 0 saturated heterocycles. The molecular weight excluding hydrogens is 306 g/mol. The third kappa shape index (κ3) is 2.92. The van der Waals surface area contributed by atoms with E-state index in [1.807, 2.05) is 35.0 Å². The number of hydrogen-bond acceptors (Lipinski definition) is 3. The van der Waals surface area contributed by atoms with E-state index in [-0.39, 0.29) is 11.9 Å². The summed E-state index contributed by atoms with van der Waals surface area (Å²) in [6, 6.07) is 8.06. The van der Waals surface area contributed by atoms with E-state index in [0.29, 0.717) is 17.2 Å². The van der Waals surface area contributed by atoms with Crippen LogP contribution >= 0.6 is 22.9 Å². The molecule has 0 radical (unpaired) electrons. The van der Waals surface area contributed by atoms with E-state index in [9.17, 15) is 4.79 Å². The number of rotatable bonds is 4. The summed E-state index contributed by atoms with van der Waals surface area (Å²) in [5.74, 6) is 0.951. The van der Waals surface area contributed by atoms with Gasteiger partial charge in [0.2, 0.25) is 0 Å². The Hall–Kier alpha value is -1.52. The fourth-order valence-corrected chi connectivity index (χ4v) is 3.54. The fourth-order valence-electron chi connectivity index (χ4n) is 2.64. The average molecular weight is 322 g/mol. The lowest BCUT2D eigenvalue weighted by Crippen LogP contribution is -2.45. The summed E-state index contributed by atoms with van der Waals surface area (Å²) >= 11 is 7.39. The van der Waals surface area contributed by atoms with Crippen LogP contribution in [0.15, 0.2) is 35.0 Å². The van der Waals surface area contributed by atoms with Crippen molar-refractivity contribution in [1.82, 2.24) is 5.32 Å². The van der Waals surface area contributed by atoms with Gasteiger partial charge in [-0.25, -0.2) is 0 Å². The van der Waals surface area contributed by atoms with Gasteiger partial charge in [0.25, 0.3) is 5.91 Å². The Morgan fingerprint density at radius 3 is 2.67 bits per heavy atom. The maximum Gasteiger partial charge on any atom is 0.256 e. The molecule has 1 aromatic carbocycles. The van der Waals surface area contributed by atoms with Crippen LogP contribution in [0.25, 0.3) is 0 Å². The largest absolute Gasteiger partial charge is 0.495 e. The summed E-state index contributed by atoms with van der Waals surface area (Å²) in [7, 11) is 1.58. The normalized spacial score (nSPS) is 20.7. The SMILES string of the molecule is COc1cscc1C(=O)N[C@H]1CC[C@H]1c1ccc(Cl)cc1. The summed E-state index contributed by atoms with van der Waals surface area (Å²) in [4.78, 5) is 12.3. The Kier molecular flexibility index (Phi) is 4.17. The first kappa shape index (κ1) is 14.4. The lowest BCUT2D eigenvalue weighted by Gasteiger charge is -2.37. The molecule has 0 unspecified atom stereocenters. The molecule has 3 nitrogen and oxygen atoms in total. The molecule has 1 saturated carbocycles. The number of nitrogens with one attached hydrogen (secondary N) is 1. The molecule has 1 heterocycles. The van der Waals surface area contributed by atoms with Gasteiger partial charge in [-0.05, 0) is 30.5 Å². The number of methoxy groups -OCH3 is 1. The Labute approximate surface area is 132 Å². The van der Waals surface area contributed by atoms with Gasteiger partial charge in [0.1, 0.15) is 5.75 Å². The van der Waals surface area contributed by atoms with Gasteiger partial charge in [-0.15, -0.1) is 11.3 Å². The van der Waals surface area contributed by atoms with Gasteiger partial charge in [0.15, 0.2) is 0 Å². The third-order valence-electron chi connectivity index (χ3n) is 3.98. The van der Waals surface area contributed by atoms with Gasteiger partial charge in [0, 0.05) is 27.7 Å². The quantitative estimate of drug-likeness (QED) is 0.921. The van der Waals surface area contributed by atoms with Crippen molar-refractivity contribution >= 4 is 28.8 Å². The van der Waals surface area contributed by atoms with Crippen LogP contribution in [-0.2, 0) is 0 Å². The molecule has 0 aliphatic heterocycles. The Bertz CT molecular complexity index is 638. The maximum atomic E-state index is 12.3. The first-order valence-electron chi connectivity index (χ1n) is 6.85. The molecule has 0 bridgehead atoms. The molecule has 2 atom stereocenters. The molecule has 1 aromatic heterocycles. The van der Waals surface area contributed by atoms with E-state index in [2.05, 4.69) is 5.32 Å². The monoisotopic (exact) mass is 321 g/mol. The molecule has 3 rings (SSSR count). The van der Waals surface area contributed by atoms with Crippen LogP contribution in [0, 0.1) is 0 Å². The first-order valence-corrected chi connectivity index (χ1v) is 8.17. The van der Waals surface area contributed by atoms with Gasteiger partial charge in [-0.3, -0.25) is 4.79 Å². The molecule has 1 aliphatic rings. The van der Waals surface area contributed by atoms with Crippen molar-refractivity contribution in [2.24, 2.45) is 0 Å². The summed E-state index contributed by atoms with van der Waals surface area (Å²) in [6.07, 6.45) is 2.10. The number of hydrogen-bond donors (Lipinski definition) is 1. The number of carbonyl (C=O) groups is 1. The molecule has 1 amide bonds. The molecule has 1 N–H and O–H groups in total. The molecule has 1 fully saturated rings. The summed E-state index contributed by atoms with van der Waals surface area (Å²) in [5.41, 5.74) is 1.84. The fraction of sp³-hybridized carbons (Fsp3) is 0.312. The van der Waals surface area contributed by atoms with Crippen molar-refractivity contribution in [2.45, 2.75) is 24.8 Å². The van der Waals surface area contributed by atoms with E-state index in [4.69, 9.17) is 16.3 Å². The number of carbonyl (C=O) groups excluding carboxylic acids is 1. The minimum Gasteiger partial charge on any atom is -0.495 e.